The number of aliphatic hydroxyl groups excluding tert-OH is 1. The van der Waals surface area contributed by atoms with Crippen LogP contribution in [0.3, 0.4) is 0 Å². The maximum atomic E-state index is 8.06. The van der Waals surface area contributed by atoms with Crippen molar-refractivity contribution in [3.05, 3.63) is 49.1 Å². The molecule has 0 aromatic carbocycles. The molecule has 0 bridgehead atoms. The molecule has 3 nitrogen and oxygen atoms in total. The standard InChI is InChI=1S/C10H8N2.C3H8O.2ClH/c1-5-11-6-2-9(1)10-3-7-12-8-4-10;1-3(2)4;;/h1-8H;3-4H,1-2H3;2*1H. The van der Waals surface area contributed by atoms with Gasteiger partial charge >= 0.3 is 0 Å². The Labute approximate surface area is 120 Å². The second-order valence-corrected chi connectivity index (χ2v) is 3.57. The van der Waals surface area contributed by atoms with Crippen molar-refractivity contribution in [1.82, 2.24) is 9.97 Å². The van der Waals surface area contributed by atoms with Crippen LogP contribution < -0.4 is 0 Å². The molecule has 0 aliphatic carbocycles. The molecule has 0 amide bonds. The molecule has 0 saturated carbocycles. The van der Waals surface area contributed by atoms with Crippen molar-refractivity contribution in [2.75, 3.05) is 0 Å². The summed E-state index contributed by atoms with van der Waals surface area (Å²) in [6, 6.07) is 7.93. The highest BCUT2D eigenvalue weighted by Crippen LogP contribution is 2.15. The summed E-state index contributed by atoms with van der Waals surface area (Å²) in [6.07, 6.45) is 6.98. The zero-order valence-corrected chi connectivity index (χ0v) is 12.0. The highest BCUT2D eigenvalue weighted by Gasteiger charge is 1.92. The first-order valence-corrected chi connectivity index (χ1v) is 5.18. The van der Waals surface area contributed by atoms with E-state index in [4.69, 9.17) is 5.11 Å². The molecule has 2 aromatic heterocycles. The minimum atomic E-state index is -0.167. The lowest BCUT2D eigenvalue weighted by Crippen LogP contribution is -1.85. The van der Waals surface area contributed by atoms with Gasteiger partial charge < -0.3 is 5.11 Å². The van der Waals surface area contributed by atoms with Crippen LogP contribution in [0.4, 0.5) is 0 Å². The molecule has 2 aromatic rings. The summed E-state index contributed by atoms with van der Waals surface area (Å²) in [5, 5.41) is 8.06. The average molecular weight is 289 g/mol. The third-order valence-electron chi connectivity index (χ3n) is 1.69. The van der Waals surface area contributed by atoms with Gasteiger partial charge in [-0.25, -0.2) is 0 Å². The van der Waals surface area contributed by atoms with Gasteiger partial charge in [-0.2, -0.15) is 0 Å². The van der Waals surface area contributed by atoms with Crippen LogP contribution >= 0.6 is 24.8 Å². The zero-order chi connectivity index (χ0) is 11.8. The fraction of sp³-hybridized carbons (Fsp3) is 0.231. The first kappa shape index (κ1) is 19.2. The van der Waals surface area contributed by atoms with E-state index < -0.39 is 0 Å². The summed E-state index contributed by atoms with van der Waals surface area (Å²) >= 11 is 0. The highest BCUT2D eigenvalue weighted by atomic mass is 35.5. The van der Waals surface area contributed by atoms with E-state index in [1.54, 1.807) is 38.6 Å². The maximum absolute atomic E-state index is 8.06. The molecular formula is C13H18Cl2N2O. The summed E-state index contributed by atoms with van der Waals surface area (Å²) in [6.45, 7) is 3.44. The first-order chi connectivity index (χ1) is 7.70. The van der Waals surface area contributed by atoms with Crippen LogP contribution in [-0.2, 0) is 0 Å². The van der Waals surface area contributed by atoms with Gasteiger partial charge in [0.15, 0.2) is 0 Å². The van der Waals surface area contributed by atoms with E-state index >= 15 is 0 Å². The van der Waals surface area contributed by atoms with Crippen LogP contribution in [-0.4, -0.2) is 21.2 Å². The van der Waals surface area contributed by atoms with Crippen LogP contribution in [0.1, 0.15) is 13.8 Å². The number of hydrogen-bond acceptors (Lipinski definition) is 3. The van der Waals surface area contributed by atoms with Gasteiger partial charge in [0.25, 0.3) is 0 Å². The lowest BCUT2D eigenvalue weighted by molar-refractivity contribution is 0.216. The summed E-state index contributed by atoms with van der Waals surface area (Å²) in [7, 11) is 0. The van der Waals surface area contributed by atoms with Crippen molar-refractivity contribution < 1.29 is 5.11 Å². The fourth-order valence-corrected chi connectivity index (χ4v) is 1.09. The molecule has 0 spiro atoms. The van der Waals surface area contributed by atoms with Gasteiger partial charge in [0.05, 0.1) is 0 Å². The van der Waals surface area contributed by atoms with Crippen LogP contribution in [0.5, 0.6) is 0 Å². The van der Waals surface area contributed by atoms with E-state index in [0.717, 1.165) is 0 Å². The molecule has 0 fully saturated rings. The third kappa shape index (κ3) is 8.01. The molecule has 0 aliphatic rings. The van der Waals surface area contributed by atoms with Crippen LogP contribution in [0, 0.1) is 0 Å². The Kier molecular flexibility index (Phi) is 11.7. The SMILES string of the molecule is CC(C)O.Cl.Cl.c1cc(-c2ccncc2)ccn1. The average Bonchev–Trinajstić information content (AvgIpc) is 2.31. The molecule has 0 saturated heterocycles. The van der Waals surface area contributed by atoms with Crippen molar-refractivity contribution >= 4 is 24.8 Å². The Morgan fingerprint density at radius 3 is 1.22 bits per heavy atom. The Bertz CT molecular complexity index is 356. The molecular weight excluding hydrogens is 271 g/mol. The lowest BCUT2D eigenvalue weighted by atomic mass is 10.1. The molecule has 5 heteroatoms. The number of nitrogens with zero attached hydrogens (tertiary/aromatic N) is 2. The van der Waals surface area contributed by atoms with Gasteiger partial charge in [-0.15, -0.1) is 24.8 Å². The predicted octanol–water partition coefficient (Wildman–Crippen LogP) is 3.37. The molecule has 18 heavy (non-hydrogen) atoms. The number of rotatable bonds is 1. The van der Waals surface area contributed by atoms with Gasteiger partial charge in [0.1, 0.15) is 0 Å². The van der Waals surface area contributed by atoms with Crippen molar-refractivity contribution in [1.29, 1.82) is 0 Å². The van der Waals surface area contributed by atoms with E-state index in [2.05, 4.69) is 9.97 Å². The summed E-state index contributed by atoms with van der Waals surface area (Å²) < 4.78 is 0. The maximum Gasteiger partial charge on any atom is 0.0483 e. The van der Waals surface area contributed by atoms with Crippen LogP contribution in [0.2, 0.25) is 0 Å². The fourth-order valence-electron chi connectivity index (χ4n) is 1.09. The van der Waals surface area contributed by atoms with E-state index in [0.29, 0.717) is 0 Å². The number of aromatic nitrogens is 2. The van der Waals surface area contributed by atoms with Crippen molar-refractivity contribution in [3.63, 3.8) is 0 Å². The summed E-state index contributed by atoms with van der Waals surface area (Å²) in [5.41, 5.74) is 2.35. The smallest absolute Gasteiger partial charge is 0.0483 e. The zero-order valence-electron chi connectivity index (χ0n) is 10.4. The Balaban J connectivity index is 0. The minimum absolute atomic E-state index is 0. The van der Waals surface area contributed by atoms with Crippen molar-refractivity contribution in [2.24, 2.45) is 0 Å². The summed E-state index contributed by atoms with van der Waals surface area (Å²) in [4.78, 5) is 7.91. The lowest BCUT2D eigenvalue weighted by Gasteiger charge is -1.97. The number of pyridine rings is 2. The second kappa shape index (κ2) is 11.0. The topological polar surface area (TPSA) is 46.0 Å². The normalized spacial score (nSPS) is 8.44. The minimum Gasteiger partial charge on any atom is -0.394 e. The molecule has 0 radical (unpaired) electrons. The molecule has 2 heterocycles. The third-order valence-corrected chi connectivity index (χ3v) is 1.69. The van der Waals surface area contributed by atoms with Crippen LogP contribution in [0.15, 0.2) is 49.1 Å². The highest BCUT2D eigenvalue weighted by molar-refractivity contribution is 5.85. The van der Waals surface area contributed by atoms with Gasteiger partial charge in [-0.05, 0) is 49.2 Å². The first-order valence-electron chi connectivity index (χ1n) is 5.18. The summed E-state index contributed by atoms with van der Waals surface area (Å²) in [5.74, 6) is 0. The van der Waals surface area contributed by atoms with E-state index in [-0.39, 0.29) is 30.9 Å². The Morgan fingerprint density at radius 1 is 0.778 bits per heavy atom. The Morgan fingerprint density at radius 2 is 1.00 bits per heavy atom. The number of halogens is 2. The molecule has 0 aliphatic heterocycles. The van der Waals surface area contributed by atoms with Gasteiger partial charge in [0.2, 0.25) is 0 Å². The van der Waals surface area contributed by atoms with Gasteiger partial charge in [-0.3, -0.25) is 9.97 Å². The molecule has 2 rings (SSSR count). The molecule has 1 N–H and O–H groups in total. The molecule has 0 unspecified atom stereocenters. The largest absolute Gasteiger partial charge is 0.394 e. The van der Waals surface area contributed by atoms with Gasteiger partial charge in [0, 0.05) is 30.9 Å². The van der Waals surface area contributed by atoms with Crippen molar-refractivity contribution in [2.45, 2.75) is 20.0 Å². The second-order valence-electron chi connectivity index (χ2n) is 3.57. The van der Waals surface area contributed by atoms with Crippen LogP contribution in [0.25, 0.3) is 11.1 Å². The quantitative estimate of drug-likeness (QED) is 0.875. The van der Waals surface area contributed by atoms with E-state index in [9.17, 15) is 0 Å². The van der Waals surface area contributed by atoms with E-state index in [1.165, 1.54) is 11.1 Å². The number of aliphatic hydroxyl groups is 1. The van der Waals surface area contributed by atoms with Crippen molar-refractivity contribution in [3.8, 4) is 11.1 Å². The Hall–Kier alpha value is -1.16. The molecule has 100 valence electrons. The number of hydrogen-bond donors (Lipinski definition) is 1. The predicted molar refractivity (Wildman–Crippen MR) is 79.3 cm³/mol. The van der Waals surface area contributed by atoms with E-state index in [1.807, 2.05) is 24.3 Å². The molecule has 0 atom stereocenters. The monoisotopic (exact) mass is 288 g/mol. The van der Waals surface area contributed by atoms with Gasteiger partial charge in [-0.1, -0.05) is 0 Å².